The van der Waals surface area contributed by atoms with E-state index in [-0.39, 0.29) is 47.8 Å². The number of rotatable bonds is 3. The molecule has 2 saturated heterocycles. The summed E-state index contributed by atoms with van der Waals surface area (Å²) >= 11 is 0. The van der Waals surface area contributed by atoms with Crippen LogP contribution < -0.4 is 16.1 Å². The molecule has 3 N–H and O–H groups in total. The molecule has 0 spiro atoms. The molecule has 2 aliphatic heterocycles. The number of aromatic carboxylic acids is 1. The standard InChI is InChI=1S/C18H19F2N3O4/c1-8-3-22(5-13(8)21)16-12(19)2-10-15(14(16)20)23(9-6-27-7-9)4-11(17(10)24)18(25)26/h2,4,8-9,13H,3,5-7,21H2,1H3,(H,25,26)/t8-,13+/m0/s1. The molecule has 0 bridgehead atoms. The predicted octanol–water partition coefficient (Wildman–Crippen LogP) is 1.33. The van der Waals surface area contributed by atoms with Crippen molar-refractivity contribution in [3.8, 4) is 0 Å². The molecule has 1 aromatic heterocycles. The smallest absolute Gasteiger partial charge is 0.341 e. The van der Waals surface area contributed by atoms with Crippen LogP contribution in [-0.2, 0) is 4.74 Å². The van der Waals surface area contributed by atoms with Gasteiger partial charge in [-0.3, -0.25) is 4.79 Å². The Hall–Kier alpha value is -2.52. The van der Waals surface area contributed by atoms with Gasteiger partial charge < -0.3 is 25.0 Å². The van der Waals surface area contributed by atoms with Gasteiger partial charge in [0.2, 0.25) is 5.43 Å². The lowest BCUT2D eigenvalue weighted by atomic mass is 10.1. The first kappa shape index (κ1) is 17.9. The number of fused-ring (bicyclic) bond motifs is 1. The first-order chi connectivity index (χ1) is 12.8. The SMILES string of the molecule is C[C@H]1CN(c2c(F)cc3c(=O)c(C(=O)O)cn(C4COC4)c3c2F)C[C@H]1N. The van der Waals surface area contributed by atoms with E-state index < -0.39 is 28.6 Å². The van der Waals surface area contributed by atoms with Crippen molar-refractivity contribution in [3.63, 3.8) is 0 Å². The summed E-state index contributed by atoms with van der Waals surface area (Å²) in [5.41, 5.74) is 4.19. The van der Waals surface area contributed by atoms with Gasteiger partial charge in [-0.15, -0.1) is 0 Å². The maximum Gasteiger partial charge on any atom is 0.341 e. The summed E-state index contributed by atoms with van der Waals surface area (Å²) < 4.78 is 36.7. The van der Waals surface area contributed by atoms with Crippen LogP contribution in [0.2, 0.25) is 0 Å². The molecule has 2 aliphatic rings. The quantitative estimate of drug-likeness (QED) is 0.835. The third kappa shape index (κ3) is 2.69. The van der Waals surface area contributed by atoms with E-state index in [2.05, 4.69) is 0 Å². The summed E-state index contributed by atoms with van der Waals surface area (Å²) in [5, 5.41) is 9.00. The number of benzene rings is 1. The Morgan fingerprint density at radius 3 is 2.56 bits per heavy atom. The minimum absolute atomic E-state index is 0.0658. The second-order valence-electron chi connectivity index (χ2n) is 7.24. The van der Waals surface area contributed by atoms with Crippen molar-refractivity contribution in [1.29, 1.82) is 0 Å². The zero-order valence-corrected chi connectivity index (χ0v) is 14.6. The molecule has 0 aliphatic carbocycles. The Morgan fingerprint density at radius 1 is 1.33 bits per heavy atom. The number of carboxylic acid groups (broad SMARTS) is 1. The van der Waals surface area contributed by atoms with Gasteiger partial charge in [0, 0.05) is 25.3 Å². The highest BCUT2D eigenvalue weighted by Crippen LogP contribution is 2.34. The molecule has 2 atom stereocenters. The first-order valence-corrected chi connectivity index (χ1v) is 8.68. The topological polar surface area (TPSA) is 97.8 Å². The van der Waals surface area contributed by atoms with E-state index in [1.807, 2.05) is 6.92 Å². The Kier molecular flexibility index (Phi) is 4.15. The van der Waals surface area contributed by atoms with Crippen LogP contribution >= 0.6 is 0 Å². The van der Waals surface area contributed by atoms with Gasteiger partial charge >= 0.3 is 5.97 Å². The maximum absolute atomic E-state index is 15.5. The van der Waals surface area contributed by atoms with E-state index in [1.54, 1.807) is 0 Å². The lowest BCUT2D eigenvalue weighted by Gasteiger charge is -2.31. The summed E-state index contributed by atoms with van der Waals surface area (Å²) in [6, 6.07) is 0.391. The monoisotopic (exact) mass is 379 g/mol. The largest absolute Gasteiger partial charge is 0.477 e. The molecule has 1 aromatic carbocycles. The molecule has 4 rings (SSSR count). The second kappa shape index (κ2) is 6.28. The molecule has 9 heteroatoms. The van der Waals surface area contributed by atoms with Crippen LogP contribution in [0.4, 0.5) is 14.5 Å². The van der Waals surface area contributed by atoms with Crippen LogP contribution in [0, 0.1) is 17.6 Å². The zero-order chi connectivity index (χ0) is 19.5. The summed E-state index contributed by atoms with van der Waals surface area (Å²) in [6.07, 6.45) is 1.11. The van der Waals surface area contributed by atoms with Gasteiger partial charge in [0.15, 0.2) is 5.82 Å². The fourth-order valence-corrected chi connectivity index (χ4v) is 3.72. The van der Waals surface area contributed by atoms with Crippen molar-refractivity contribution < 1.29 is 23.4 Å². The first-order valence-electron chi connectivity index (χ1n) is 8.68. The van der Waals surface area contributed by atoms with Crippen molar-refractivity contribution in [2.75, 3.05) is 31.2 Å². The number of nitrogens with zero attached hydrogens (tertiary/aromatic N) is 2. The summed E-state index contributed by atoms with van der Waals surface area (Å²) in [6.45, 7) is 3.11. The van der Waals surface area contributed by atoms with Gasteiger partial charge in [-0.1, -0.05) is 6.92 Å². The minimum Gasteiger partial charge on any atom is -0.477 e. The van der Waals surface area contributed by atoms with E-state index in [1.165, 1.54) is 9.47 Å². The molecule has 144 valence electrons. The number of halogens is 2. The molecule has 0 saturated carbocycles. The predicted molar refractivity (Wildman–Crippen MR) is 94.3 cm³/mol. The Balaban J connectivity index is 2.00. The Bertz CT molecular complexity index is 992. The van der Waals surface area contributed by atoms with E-state index >= 15 is 4.39 Å². The number of pyridine rings is 1. The van der Waals surface area contributed by atoms with Gasteiger partial charge in [0.1, 0.15) is 17.1 Å². The number of aromatic nitrogens is 1. The number of anilines is 1. The van der Waals surface area contributed by atoms with Crippen LogP contribution in [-0.4, -0.2) is 48.0 Å². The molecule has 0 amide bonds. The molecule has 3 heterocycles. The van der Waals surface area contributed by atoms with Crippen LogP contribution in [0.1, 0.15) is 23.3 Å². The van der Waals surface area contributed by atoms with Crippen LogP contribution in [0.5, 0.6) is 0 Å². The van der Waals surface area contributed by atoms with E-state index in [0.717, 1.165) is 12.3 Å². The number of hydrogen-bond acceptors (Lipinski definition) is 5. The molecule has 2 aromatic rings. The van der Waals surface area contributed by atoms with Crippen molar-refractivity contribution >= 4 is 22.6 Å². The molecular weight excluding hydrogens is 360 g/mol. The number of nitrogens with two attached hydrogens (primary N) is 1. The molecule has 2 fully saturated rings. The average molecular weight is 379 g/mol. The highest BCUT2D eigenvalue weighted by Gasteiger charge is 2.33. The molecule has 7 nitrogen and oxygen atoms in total. The third-order valence-corrected chi connectivity index (χ3v) is 5.41. The van der Waals surface area contributed by atoms with Crippen molar-refractivity contribution in [2.45, 2.75) is 19.0 Å². The van der Waals surface area contributed by atoms with Crippen LogP contribution in [0.15, 0.2) is 17.1 Å². The second-order valence-corrected chi connectivity index (χ2v) is 7.24. The molecule has 27 heavy (non-hydrogen) atoms. The normalized spacial score (nSPS) is 23.0. The summed E-state index contributed by atoms with van der Waals surface area (Å²) in [4.78, 5) is 25.4. The average Bonchev–Trinajstić information content (AvgIpc) is 2.86. The number of ether oxygens (including phenoxy) is 1. The van der Waals surface area contributed by atoms with Crippen LogP contribution in [0.3, 0.4) is 0 Å². The van der Waals surface area contributed by atoms with E-state index in [9.17, 15) is 19.1 Å². The lowest BCUT2D eigenvalue weighted by Crippen LogP contribution is -2.34. The Morgan fingerprint density at radius 2 is 2.04 bits per heavy atom. The summed E-state index contributed by atoms with van der Waals surface area (Å²) in [7, 11) is 0. The highest BCUT2D eigenvalue weighted by molar-refractivity contribution is 5.94. The zero-order valence-electron chi connectivity index (χ0n) is 14.6. The van der Waals surface area contributed by atoms with E-state index in [4.69, 9.17) is 10.5 Å². The van der Waals surface area contributed by atoms with Gasteiger partial charge in [-0.05, 0) is 12.0 Å². The molecule has 0 unspecified atom stereocenters. The van der Waals surface area contributed by atoms with Crippen LogP contribution in [0.25, 0.3) is 10.9 Å². The number of carboxylic acids is 1. The van der Waals surface area contributed by atoms with Crippen molar-refractivity contribution in [1.82, 2.24) is 4.57 Å². The molecular formula is C18H19F2N3O4. The lowest BCUT2D eigenvalue weighted by molar-refractivity contribution is -0.0219. The number of hydrogen-bond donors (Lipinski definition) is 2. The minimum atomic E-state index is -1.44. The van der Waals surface area contributed by atoms with Gasteiger partial charge in [-0.2, -0.15) is 0 Å². The third-order valence-electron chi connectivity index (χ3n) is 5.41. The molecule has 0 radical (unpaired) electrons. The fourth-order valence-electron chi connectivity index (χ4n) is 3.72. The van der Waals surface area contributed by atoms with E-state index in [0.29, 0.717) is 13.1 Å². The van der Waals surface area contributed by atoms with Gasteiger partial charge in [0.25, 0.3) is 0 Å². The Labute approximate surface area is 152 Å². The van der Waals surface area contributed by atoms with Gasteiger partial charge in [-0.25, -0.2) is 13.6 Å². The van der Waals surface area contributed by atoms with Gasteiger partial charge in [0.05, 0.1) is 30.2 Å². The fraction of sp³-hybridized carbons (Fsp3) is 0.444. The maximum atomic E-state index is 15.5. The highest BCUT2D eigenvalue weighted by atomic mass is 19.1. The van der Waals surface area contributed by atoms with Crippen molar-refractivity contribution in [2.24, 2.45) is 11.7 Å². The summed E-state index contributed by atoms with van der Waals surface area (Å²) in [5.74, 6) is -3.17. The van der Waals surface area contributed by atoms with Crippen molar-refractivity contribution in [3.05, 3.63) is 39.7 Å². The number of carbonyl (C=O) groups is 1.